The molecule has 112 valence electrons. The summed E-state index contributed by atoms with van der Waals surface area (Å²) in [4.78, 5) is 7.02. The Labute approximate surface area is 130 Å². The van der Waals surface area contributed by atoms with E-state index in [1.54, 1.807) is 11.3 Å². The second-order valence-electron chi connectivity index (χ2n) is 6.05. The zero-order valence-electron chi connectivity index (χ0n) is 12.5. The van der Waals surface area contributed by atoms with Crippen molar-refractivity contribution in [1.29, 1.82) is 0 Å². The van der Waals surface area contributed by atoms with Crippen LogP contribution in [0.15, 0.2) is 35.7 Å². The van der Waals surface area contributed by atoms with Crippen LogP contribution in [0.5, 0.6) is 0 Å². The highest BCUT2D eigenvalue weighted by Gasteiger charge is 2.30. The minimum absolute atomic E-state index is 0.587. The van der Waals surface area contributed by atoms with Crippen molar-refractivity contribution in [3.63, 3.8) is 0 Å². The molecule has 0 spiro atoms. The molecule has 1 N–H and O–H groups in total. The van der Waals surface area contributed by atoms with Crippen LogP contribution in [0.4, 0.5) is 0 Å². The Hall–Kier alpha value is -1.23. The standard InChI is InChI=1S/C17H22N2OS/c1-19-10-5-8-17(20,9-11-19)12-16-18-15(13-21-16)14-6-3-2-4-7-14/h2-4,6-7,13,20H,5,8-12H2,1H3. The van der Waals surface area contributed by atoms with Crippen LogP contribution in [-0.4, -0.2) is 40.7 Å². The molecule has 0 saturated carbocycles. The maximum atomic E-state index is 10.8. The zero-order valence-corrected chi connectivity index (χ0v) is 13.3. The van der Waals surface area contributed by atoms with Crippen molar-refractivity contribution in [2.24, 2.45) is 0 Å². The first-order chi connectivity index (χ1) is 10.1. The van der Waals surface area contributed by atoms with E-state index in [-0.39, 0.29) is 0 Å². The van der Waals surface area contributed by atoms with Gasteiger partial charge in [0, 0.05) is 23.9 Å². The van der Waals surface area contributed by atoms with E-state index < -0.39 is 5.60 Å². The molecule has 1 aliphatic rings. The van der Waals surface area contributed by atoms with E-state index in [2.05, 4.69) is 29.5 Å². The van der Waals surface area contributed by atoms with Gasteiger partial charge in [-0.3, -0.25) is 0 Å². The van der Waals surface area contributed by atoms with Crippen LogP contribution in [0.2, 0.25) is 0 Å². The van der Waals surface area contributed by atoms with Crippen LogP contribution in [0.25, 0.3) is 11.3 Å². The normalized spacial score (nSPS) is 23.9. The predicted octanol–water partition coefficient (Wildman–Crippen LogP) is 3.20. The predicted molar refractivity (Wildman–Crippen MR) is 87.6 cm³/mol. The van der Waals surface area contributed by atoms with Gasteiger partial charge in [0.25, 0.3) is 0 Å². The average molecular weight is 302 g/mol. The molecule has 0 amide bonds. The number of aromatic nitrogens is 1. The Morgan fingerprint density at radius 2 is 2.05 bits per heavy atom. The van der Waals surface area contributed by atoms with E-state index in [1.807, 2.05) is 18.2 Å². The fraction of sp³-hybridized carbons (Fsp3) is 0.471. The molecule has 0 bridgehead atoms. The molecule has 0 radical (unpaired) electrons. The highest BCUT2D eigenvalue weighted by Crippen LogP contribution is 2.29. The summed E-state index contributed by atoms with van der Waals surface area (Å²) in [6.07, 6.45) is 3.45. The van der Waals surface area contributed by atoms with E-state index >= 15 is 0 Å². The molecule has 1 saturated heterocycles. The van der Waals surface area contributed by atoms with Gasteiger partial charge in [-0.25, -0.2) is 4.98 Å². The first-order valence-corrected chi connectivity index (χ1v) is 8.43. The summed E-state index contributed by atoms with van der Waals surface area (Å²) in [5.41, 5.74) is 1.58. The summed E-state index contributed by atoms with van der Waals surface area (Å²) < 4.78 is 0. The van der Waals surface area contributed by atoms with Gasteiger partial charge < -0.3 is 10.0 Å². The second kappa shape index (κ2) is 6.26. The fourth-order valence-corrected chi connectivity index (χ4v) is 3.85. The smallest absolute Gasteiger partial charge is 0.0961 e. The van der Waals surface area contributed by atoms with Gasteiger partial charge in [0.1, 0.15) is 0 Å². The lowest BCUT2D eigenvalue weighted by molar-refractivity contribution is 0.0263. The number of thiazole rings is 1. The summed E-state index contributed by atoms with van der Waals surface area (Å²) in [6, 6.07) is 10.2. The average Bonchev–Trinajstić information content (AvgIpc) is 2.87. The van der Waals surface area contributed by atoms with Gasteiger partial charge in [-0.05, 0) is 32.9 Å². The molecule has 1 atom stereocenters. The number of benzene rings is 1. The number of hydrogen-bond donors (Lipinski definition) is 1. The maximum absolute atomic E-state index is 10.8. The van der Waals surface area contributed by atoms with Crippen LogP contribution in [0, 0.1) is 0 Å². The first-order valence-electron chi connectivity index (χ1n) is 7.55. The molecule has 1 unspecified atom stereocenters. The van der Waals surface area contributed by atoms with E-state index in [1.165, 1.54) is 0 Å². The van der Waals surface area contributed by atoms with Crippen LogP contribution in [0.1, 0.15) is 24.3 Å². The molecule has 2 aromatic rings. The highest BCUT2D eigenvalue weighted by atomic mass is 32.1. The fourth-order valence-electron chi connectivity index (χ4n) is 2.91. The van der Waals surface area contributed by atoms with Crippen LogP contribution < -0.4 is 0 Å². The zero-order chi connectivity index (χ0) is 14.7. The molecule has 3 nitrogen and oxygen atoms in total. The van der Waals surface area contributed by atoms with Gasteiger partial charge in [0.15, 0.2) is 0 Å². The van der Waals surface area contributed by atoms with Gasteiger partial charge in [0.2, 0.25) is 0 Å². The van der Waals surface area contributed by atoms with Crippen molar-refractivity contribution in [2.45, 2.75) is 31.3 Å². The summed E-state index contributed by atoms with van der Waals surface area (Å²) in [5, 5.41) is 14.0. The summed E-state index contributed by atoms with van der Waals surface area (Å²) in [6.45, 7) is 2.04. The molecule has 1 fully saturated rings. The van der Waals surface area contributed by atoms with Gasteiger partial charge in [-0.2, -0.15) is 0 Å². The topological polar surface area (TPSA) is 36.4 Å². The third-order valence-corrected chi connectivity index (χ3v) is 5.09. The number of rotatable bonds is 3. The molecule has 1 aliphatic heterocycles. The third-order valence-electron chi connectivity index (χ3n) is 4.24. The van der Waals surface area contributed by atoms with Crippen molar-refractivity contribution >= 4 is 11.3 Å². The van der Waals surface area contributed by atoms with Gasteiger partial charge >= 0.3 is 0 Å². The molecule has 21 heavy (non-hydrogen) atoms. The van der Waals surface area contributed by atoms with Crippen molar-refractivity contribution in [3.05, 3.63) is 40.7 Å². The van der Waals surface area contributed by atoms with Gasteiger partial charge in [-0.15, -0.1) is 11.3 Å². The lowest BCUT2D eigenvalue weighted by Crippen LogP contribution is -2.32. The van der Waals surface area contributed by atoms with E-state index in [4.69, 9.17) is 4.98 Å². The third kappa shape index (κ3) is 3.70. The quantitative estimate of drug-likeness (QED) is 0.946. The minimum Gasteiger partial charge on any atom is -0.389 e. The summed E-state index contributed by atoms with van der Waals surface area (Å²) >= 11 is 1.66. The number of nitrogens with zero attached hydrogens (tertiary/aromatic N) is 2. The second-order valence-corrected chi connectivity index (χ2v) is 6.99. The Balaban J connectivity index is 1.72. The monoisotopic (exact) mass is 302 g/mol. The molecule has 1 aromatic carbocycles. The summed E-state index contributed by atoms with van der Waals surface area (Å²) in [5.74, 6) is 0. The van der Waals surface area contributed by atoms with Crippen LogP contribution in [-0.2, 0) is 6.42 Å². The Morgan fingerprint density at radius 3 is 2.86 bits per heavy atom. The van der Waals surface area contributed by atoms with Crippen LogP contribution >= 0.6 is 11.3 Å². The minimum atomic E-state index is -0.587. The Kier molecular flexibility index (Phi) is 4.38. The SMILES string of the molecule is CN1CCCC(O)(Cc2nc(-c3ccccc3)cs2)CC1. The molecular formula is C17H22N2OS. The van der Waals surface area contributed by atoms with E-state index in [0.717, 1.165) is 48.6 Å². The number of likely N-dealkylation sites (tertiary alicyclic amines) is 1. The lowest BCUT2D eigenvalue weighted by atomic mass is 9.91. The molecule has 2 heterocycles. The highest BCUT2D eigenvalue weighted by molar-refractivity contribution is 7.09. The van der Waals surface area contributed by atoms with Crippen LogP contribution in [0.3, 0.4) is 0 Å². The lowest BCUT2D eigenvalue weighted by Gasteiger charge is -2.25. The number of hydrogen-bond acceptors (Lipinski definition) is 4. The van der Waals surface area contributed by atoms with Crippen molar-refractivity contribution < 1.29 is 5.11 Å². The molecular weight excluding hydrogens is 280 g/mol. The Bertz CT molecular complexity index is 583. The van der Waals surface area contributed by atoms with Crippen molar-refractivity contribution in [3.8, 4) is 11.3 Å². The van der Waals surface area contributed by atoms with E-state index in [9.17, 15) is 5.11 Å². The first kappa shape index (κ1) is 14.7. The Morgan fingerprint density at radius 1 is 1.24 bits per heavy atom. The number of aliphatic hydroxyl groups is 1. The van der Waals surface area contributed by atoms with Crippen molar-refractivity contribution in [1.82, 2.24) is 9.88 Å². The largest absolute Gasteiger partial charge is 0.389 e. The molecule has 3 rings (SSSR count). The summed E-state index contributed by atoms with van der Waals surface area (Å²) in [7, 11) is 2.13. The van der Waals surface area contributed by atoms with Gasteiger partial charge in [-0.1, -0.05) is 30.3 Å². The van der Waals surface area contributed by atoms with Gasteiger partial charge in [0.05, 0.1) is 16.3 Å². The molecule has 4 heteroatoms. The van der Waals surface area contributed by atoms with Crippen molar-refractivity contribution in [2.75, 3.05) is 20.1 Å². The molecule has 1 aromatic heterocycles. The maximum Gasteiger partial charge on any atom is 0.0961 e. The molecule has 0 aliphatic carbocycles. The van der Waals surface area contributed by atoms with E-state index in [0.29, 0.717) is 6.42 Å².